The normalized spacial score (nSPS) is 23.4. The molecule has 2 aromatic rings. The van der Waals surface area contributed by atoms with Crippen molar-refractivity contribution in [2.24, 2.45) is 11.8 Å². The van der Waals surface area contributed by atoms with Crippen molar-refractivity contribution in [1.29, 1.82) is 5.26 Å². The number of H-pyrrole nitrogens is 1. The highest BCUT2D eigenvalue weighted by molar-refractivity contribution is 5.57. The van der Waals surface area contributed by atoms with Crippen molar-refractivity contribution in [2.75, 3.05) is 25.1 Å². The van der Waals surface area contributed by atoms with E-state index in [2.05, 4.69) is 31.1 Å². The third-order valence-electron chi connectivity index (χ3n) is 4.99. The summed E-state index contributed by atoms with van der Waals surface area (Å²) in [5.41, 5.74) is 1.41. The fraction of sp³-hybridized carbons (Fsp3) is 0.529. The molecule has 0 amide bonds. The van der Waals surface area contributed by atoms with E-state index >= 15 is 0 Å². The molecule has 1 aliphatic carbocycles. The van der Waals surface area contributed by atoms with Gasteiger partial charge in [-0.05, 0) is 36.8 Å². The second-order valence-electron chi connectivity index (χ2n) is 6.57. The Hall–Kier alpha value is -2.46. The van der Waals surface area contributed by atoms with Crippen LogP contribution < -0.4 is 4.90 Å². The molecule has 24 heavy (non-hydrogen) atoms. The summed E-state index contributed by atoms with van der Waals surface area (Å²) in [4.78, 5) is 11.1. The molecule has 0 aromatic carbocycles. The SMILES string of the molecule is COCc1nc([C@H]2CN(c3cccnc3C#N)C[C@@H]2C2CC2)n[nH]1. The van der Waals surface area contributed by atoms with Crippen LogP contribution in [0.15, 0.2) is 18.3 Å². The molecule has 0 radical (unpaired) electrons. The number of aromatic amines is 1. The first-order valence-corrected chi connectivity index (χ1v) is 8.30. The standard InChI is InChI=1S/C17H20N6O/c1-24-10-16-20-17(22-21-16)13-9-23(8-12(13)11-4-5-11)15-3-2-6-19-14(15)7-18/h2-3,6,11-13H,4-5,8-10H2,1H3,(H,20,21,22)/t12-,13+/m1/s1. The molecule has 7 nitrogen and oxygen atoms in total. The number of anilines is 1. The molecule has 2 fully saturated rings. The van der Waals surface area contributed by atoms with Crippen molar-refractivity contribution in [3.8, 4) is 6.07 Å². The lowest BCUT2D eigenvalue weighted by molar-refractivity contribution is 0.178. The van der Waals surface area contributed by atoms with Gasteiger partial charge in [0.05, 0.1) is 5.69 Å². The van der Waals surface area contributed by atoms with Crippen LogP contribution in [0, 0.1) is 23.2 Å². The largest absolute Gasteiger partial charge is 0.377 e. The van der Waals surface area contributed by atoms with Crippen molar-refractivity contribution < 1.29 is 4.74 Å². The molecule has 1 aliphatic heterocycles. The zero-order chi connectivity index (χ0) is 16.5. The van der Waals surface area contributed by atoms with Gasteiger partial charge in [-0.2, -0.15) is 10.4 Å². The van der Waals surface area contributed by atoms with E-state index < -0.39 is 0 Å². The van der Waals surface area contributed by atoms with Gasteiger partial charge >= 0.3 is 0 Å². The van der Waals surface area contributed by atoms with E-state index in [-0.39, 0.29) is 5.92 Å². The number of nitriles is 1. The number of ether oxygens (including phenoxy) is 1. The van der Waals surface area contributed by atoms with Gasteiger partial charge in [0.15, 0.2) is 17.3 Å². The maximum Gasteiger partial charge on any atom is 0.163 e. The van der Waals surface area contributed by atoms with Crippen LogP contribution in [0.4, 0.5) is 5.69 Å². The first-order chi connectivity index (χ1) is 11.8. The maximum absolute atomic E-state index is 9.33. The van der Waals surface area contributed by atoms with Crippen molar-refractivity contribution in [3.05, 3.63) is 35.7 Å². The average Bonchev–Trinajstić information content (AvgIpc) is 3.19. The minimum Gasteiger partial charge on any atom is -0.377 e. The van der Waals surface area contributed by atoms with Gasteiger partial charge in [-0.15, -0.1) is 0 Å². The zero-order valence-electron chi connectivity index (χ0n) is 13.6. The van der Waals surface area contributed by atoms with Crippen molar-refractivity contribution in [1.82, 2.24) is 20.2 Å². The van der Waals surface area contributed by atoms with Gasteiger partial charge in [0.2, 0.25) is 0 Å². The molecule has 1 saturated heterocycles. The Balaban J connectivity index is 1.61. The summed E-state index contributed by atoms with van der Waals surface area (Å²) in [6.07, 6.45) is 4.23. The van der Waals surface area contributed by atoms with E-state index in [9.17, 15) is 5.26 Å². The quantitative estimate of drug-likeness (QED) is 0.902. The highest BCUT2D eigenvalue weighted by Gasteiger charge is 2.45. The van der Waals surface area contributed by atoms with E-state index in [1.165, 1.54) is 12.8 Å². The lowest BCUT2D eigenvalue weighted by atomic mass is 9.91. The molecular weight excluding hydrogens is 304 g/mol. The number of aromatic nitrogens is 4. The van der Waals surface area contributed by atoms with E-state index in [1.54, 1.807) is 13.3 Å². The van der Waals surface area contributed by atoms with Crippen LogP contribution in [0.2, 0.25) is 0 Å². The second-order valence-corrected chi connectivity index (χ2v) is 6.57. The highest BCUT2D eigenvalue weighted by atomic mass is 16.5. The van der Waals surface area contributed by atoms with E-state index in [1.807, 2.05) is 12.1 Å². The second kappa shape index (κ2) is 6.21. The molecule has 0 unspecified atom stereocenters. The van der Waals surface area contributed by atoms with Gasteiger partial charge in [-0.1, -0.05) is 0 Å². The van der Waals surface area contributed by atoms with E-state index in [0.29, 0.717) is 18.2 Å². The van der Waals surface area contributed by atoms with E-state index in [4.69, 9.17) is 4.74 Å². The monoisotopic (exact) mass is 324 g/mol. The minimum atomic E-state index is 0.283. The molecule has 1 N–H and O–H groups in total. The number of nitrogens with zero attached hydrogens (tertiary/aromatic N) is 5. The van der Waals surface area contributed by atoms with Gasteiger partial charge in [0.25, 0.3) is 0 Å². The lowest BCUT2D eigenvalue weighted by Gasteiger charge is -2.19. The Bertz CT molecular complexity index is 762. The predicted octanol–water partition coefficient (Wildman–Crippen LogP) is 1.85. The topological polar surface area (TPSA) is 90.7 Å². The Morgan fingerprint density at radius 1 is 1.42 bits per heavy atom. The Kier molecular flexibility index (Phi) is 3.90. The molecular formula is C17H20N6O. The summed E-state index contributed by atoms with van der Waals surface area (Å²) < 4.78 is 5.12. The fourth-order valence-corrected chi connectivity index (χ4v) is 3.72. The van der Waals surface area contributed by atoms with Crippen LogP contribution in [0.25, 0.3) is 0 Å². The Labute approximate surface area is 140 Å². The summed E-state index contributed by atoms with van der Waals surface area (Å²) in [6.45, 7) is 2.20. The third-order valence-corrected chi connectivity index (χ3v) is 4.99. The van der Waals surface area contributed by atoms with Crippen LogP contribution in [0.1, 0.15) is 36.1 Å². The van der Waals surface area contributed by atoms with Gasteiger partial charge in [-0.3, -0.25) is 5.10 Å². The molecule has 2 aromatic heterocycles. The highest BCUT2D eigenvalue weighted by Crippen LogP contribution is 2.48. The van der Waals surface area contributed by atoms with Crippen LogP contribution in [-0.4, -0.2) is 40.4 Å². The number of methoxy groups -OCH3 is 1. The summed E-state index contributed by atoms with van der Waals surface area (Å²) in [5.74, 6) is 3.18. The van der Waals surface area contributed by atoms with Crippen molar-refractivity contribution in [3.63, 3.8) is 0 Å². The smallest absolute Gasteiger partial charge is 0.163 e. The molecule has 2 atom stereocenters. The number of hydrogen-bond donors (Lipinski definition) is 1. The third kappa shape index (κ3) is 2.74. The molecule has 1 saturated carbocycles. The first kappa shape index (κ1) is 15.1. The maximum atomic E-state index is 9.33. The van der Waals surface area contributed by atoms with Crippen LogP contribution >= 0.6 is 0 Å². The Morgan fingerprint density at radius 2 is 2.29 bits per heavy atom. The number of hydrogen-bond acceptors (Lipinski definition) is 6. The Morgan fingerprint density at radius 3 is 3.04 bits per heavy atom. The number of rotatable bonds is 5. The first-order valence-electron chi connectivity index (χ1n) is 8.30. The van der Waals surface area contributed by atoms with Crippen LogP contribution in [0.5, 0.6) is 0 Å². The van der Waals surface area contributed by atoms with Crippen LogP contribution in [-0.2, 0) is 11.3 Å². The van der Waals surface area contributed by atoms with Crippen molar-refractivity contribution in [2.45, 2.75) is 25.4 Å². The molecule has 0 bridgehead atoms. The summed E-state index contributed by atoms with van der Waals surface area (Å²) in [7, 11) is 1.65. The molecule has 4 rings (SSSR count). The summed E-state index contributed by atoms with van der Waals surface area (Å²) >= 11 is 0. The predicted molar refractivity (Wildman–Crippen MR) is 87.2 cm³/mol. The van der Waals surface area contributed by atoms with Crippen LogP contribution in [0.3, 0.4) is 0 Å². The number of nitrogens with one attached hydrogen (secondary N) is 1. The molecule has 0 spiro atoms. The fourth-order valence-electron chi connectivity index (χ4n) is 3.72. The zero-order valence-corrected chi connectivity index (χ0v) is 13.6. The lowest BCUT2D eigenvalue weighted by Crippen LogP contribution is -2.21. The minimum absolute atomic E-state index is 0.283. The molecule has 3 heterocycles. The van der Waals surface area contributed by atoms with Gasteiger partial charge < -0.3 is 9.64 Å². The van der Waals surface area contributed by atoms with Crippen molar-refractivity contribution >= 4 is 5.69 Å². The van der Waals surface area contributed by atoms with E-state index in [0.717, 1.165) is 36.3 Å². The van der Waals surface area contributed by atoms with Gasteiger partial charge in [0, 0.05) is 32.3 Å². The molecule has 124 valence electrons. The van der Waals surface area contributed by atoms with Gasteiger partial charge in [0.1, 0.15) is 12.7 Å². The number of pyridine rings is 1. The molecule has 2 aliphatic rings. The average molecular weight is 324 g/mol. The summed E-state index contributed by atoms with van der Waals surface area (Å²) in [6, 6.07) is 6.07. The summed E-state index contributed by atoms with van der Waals surface area (Å²) in [5, 5.41) is 16.7. The van der Waals surface area contributed by atoms with Gasteiger partial charge in [-0.25, -0.2) is 9.97 Å². The molecule has 7 heteroatoms.